The maximum atomic E-state index is 12.7. The number of rotatable bonds is 5. The first kappa shape index (κ1) is 16.6. The van der Waals surface area contributed by atoms with Gasteiger partial charge in [0.2, 0.25) is 0 Å². The van der Waals surface area contributed by atoms with Gasteiger partial charge in [0.25, 0.3) is 5.91 Å². The van der Waals surface area contributed by atoms with Gasteiger partial charge in [0.05, 0.1) is 0 Å². The molecule has 0 bridgehead atoms. The van der Waals surface area contributed by atoms with E-state index in [9.17, 15) is 4.79 Å². The molecule has 2 aromatic rings. The molecule has 0 aromatic heterocycles. The van der Waals surface area contributed by atoms with Crippen LogP contribution in [0.4, 0.5) is 0 Å². The van der Waals surface area contributed by atoms with E-state index in [2.05, 4.69) is 6.92 Å². The number of likely N-dealkylation sites (tertiary alicyclic amines) is 1. The predicted molar refractivity (Wildman–Crippen MR) is 96.2 cm³/mol. The van der Waals surface area contributed by atoms with Gasteiger partial charge < -0.3 is 9.64 Å². The first-order chi connectivity index (χ1) is 11.8. The van der Waals surface area contributed by atoms with Gasteiger partial charge in [-0.15, -0.1) is 0 Å². The Morgan fingerprint density at radius 1 is 1.08 bits per heavy atom. The Balaban J connectivity index is 1.62. The van der Waals surface area contributed by atoms with Crippen LogP contribution in [0.1, 0.15) is 48.5 Å². The van der Waals surface area contributed by atoms with Crippen LogP contribution in [0.5, 0.6) is 5.75 Å². The summed E-state index contributed by atoms with van der Waals surface area (Å²) in [6, 6.07) is 18.0. The fourth-order valence-electron chi connectivity index (χ4n) is 3.29. The summed E-state index contributed by atoms with van der Waals surface area (Å²) in [6.45, 7) is 3.58. The average Bonchev–Trinajstić information content (AvgIpc) is 2.67. The molecule has 1 aliphatic rings. The van der Waals surface area contributed by atoms with Crippen molar-refractivity contribution < 1.29 is 9.53 Å². The van der Waals surface area contributed by atoms with Crippen molar-refractivity contribution in [3.63, 3.8) is 0 Å². The quantitative estimate of drug-likeness (QED) is 0.800. The lowest BCUT2D eigenvalue weighted by Crippen LogP contribution is -2.43. The zero-order chi connectivity index (χ0) is 16.8. The van der Waals surface area contributed by atoms with Gasteiger partial charge in [0, 0.05) is 18.2 Å². The van der Waals surface area contributed by atoms with Crippen LogP contribution in [-0.2, 0) is 6.61 Å². The van der Waals surface area contributed by atoms with Gasteiger partial charge in [-0.3, -0.25) is 4.79 Å². The molecule has 1 heterocycles. The summed E-state index contributed by atoms with van der Waals surface area (Å²) < 4.78 is 5.79. The van der Waals surface area contributed by atoms with Crippen LogP contribution < -0.4 is 4.74 Å². The van der Waals surface area contributed by atoms with E-state index in [4.69, 9.17) is 4.74 Å². The molecule has 1 fully saturated rings. The SMILES string of the molecule is CCC1CCCCN1C(=O)c1ccc(OCc2ccccc2)cc1. The molecule has 24 heavy (non-hydrogen) atoms. The number of carbonyl (C=O) groups is 1. The molecule has 3 rings (SSSR count). The van der Waals surface area contributed by atoms with Crippen molar-refractivity contribution >= 4 is 5.91 Å². The van der Waals surface area contributed by atoms with Crippen LogP contribution in [-0.4, -0.2) is 23.4 Å². The highest BCUT2D eigenvalue weighted by Gasteiger charge is 2.25. The van der Waals surface area contributed by atoms with Crippen molar-refractivity contribution in [2.75, 3.05) is 6.54 Å². The largest absolute Gasteiger partial charge is 0.489 e. The van der Waals surface area contributed by atoms with Gasteiger partial charge in [-0.2, -0.15) is 0 Å². The molecule has 0 spiro atoms. The molecule has 2 aromatic carbocycles. The van der Waals surface area contributed by atoms with Crippen molar-refractivity contribution in [2.45, 2.75) is 45.3 Å². The third-order valence-electron chi connectivity index (χ3n) is 4.71. The summed E-state index contributed by atoms with van der Waals surface area (Å²) in [4.78, 5) is 14.8. The first-order valence-corrected chi connectivity index (χ1v) is 8.85. The summed E-state index contributed by atoms with van der Waals surface area (Å²) >= 11 is 0. The van der Waals surface area contributed by atoms with E-state index in [0.717, 1.165) is 42.7 Å². The minimum absolute atomic E-state index is 0.149. The maximum Gasteiger partial charge on any atom is 0.254 e. The molecule has 3 nitrogen and oxygen atoms in total. The van der Waals surface area contributed by atoms with Crippen LogP contribution in [0.2, 0.25) is 0 Å². The van der Waals surface area contributed by atoms with Crippen LogP contribution in [0.25, 0.3) is 0 Å². The number of amides is 1. The van der Waals surface area contributed by atoms with Crippen LogP contribution in [0.3, 0.4) is 0 Å². The fourth-order valence-corrected chi connectivity index (χ4v) is 3.29. The smallest absolute Gasteiger partial charge is 0.254 e. The lowest BCUT2D eigenvalue weighted by Gasteiger charge is -2.35. The topological polar surface area (TPSA) is 29.5 Å². The van der Waals surface area contributed by atoms with Crippen LogP contribution in [0, 0.1) is 0 Å². The number of hydrogen-bond donors (Lipinski definition) is 0. The molecule has 3 heteroatoms. The van der Waals surface area contributed by atoms with Crippen molar-refractivity contribution in [3.05, 3.63) is 65.7 Å². The average molecular weight is 323 g/mol. The molecule has 1 unspecified atom stereocenters. The van der Waals surface area contributed by atoms with Gasteiger partial charge in [0.15, 0.2) is 0 Å². The molecule has 1 aliphatic heterocycles. The monoisotopic (exact) mass is 323 g/mol. The lowest BCUT2D eigenvalue weighted by molar-refractivity contribution is 0.0608. The van der Waals surface area contributed by atoms with Gasteiger partial charge in [-0.1, -0.05) is 37.3 Å². The fraction of sp³-hybridized carbons (Fsp3) is 0.381. The van der Waals surface area contributed by atoms with Crippen molar-refractivity contribution in [3.8, 4) is 5.75 Å². The van der Waals surface area contributed by atoms with E-state index in [1.165, 1.54) is 6.42 Å². The standard InChI is InChI=1S/C21H25NO2/c1-2-19-10-6-7-15-22(19)21(23)18-11-13-20(14-12-18)24-16-17-8-4-3-5-9-17/h3-5,8-9,11-14,19H,2,6-7,10,15-16H2,1H3. The third kappa shape index (κ3) is 3.97. The third-order valence-corrected chi connectivity index (χ3v) is 4.71. The summed E-state index contributed by atoms with van der Waals surface area (Å²) in [5.41, 5.74) is 1.89. The molecular weight excluding hydrogens is 298 g/mol. The molecule has 0 N–H and O–H groups in total. The highest BCUT2D eigenvalue weighted by atomic mass is 16.5. The molecule has 1 saturated heterocycles. The van der Waals surface area contributed by atoms with Gasteiger partial charge in [-0.25, -0.2) is 0 Å². The molecule has 0 saturated carbocycles. The molecular formula is C21H25NO2. The first-order valence-electron chi connectivity index (χ1n) is 8.85. The van der Waals surface area contributed by atoms with Crippen molar-refractivity contribution in [2.24, 2.45) is 0 Å². The van der Waals surface area contributed by atoms with E-state index >= 15 is 0 Å². The second kappa shape index (κ2) is 8.00. The number of ether oxygens (including phenoxy) is 1. The van der Waals surface area contributed by atoms with Gasteiger partial charge in [-0.05, 0) is 55.5 Å². The second-order valence-electron chi connectivity index (χ2n) is 6.36. The Hall–Kier alpha value is -2.29. The van der Waals surface area contributed by atoms with Crippen LogP contribution in [0.15, 0.2) is 54.6 Å². The number of hydrogen-bond acceptors (Lipinski definition) is 2. The molecule has 126 valence electrons. The maximum absolute atomic E-state index is 12.7. The number of piperidine rings is 1. The zero-order valence-electron chi connectivity index (χ0n) is 14.3. The van der Waals surface area contributed by atoms with E-state index in [0.29, 0.717) is 12.6 Å². The van der Waals surface area contributed by atoms with E-state index in [1.54, 1.807) is 0 Å². The Labute approximate surface area is 144 Å². The highest BCUT2D eigenvalue weighted by Crippen LogP contribution is 2.23. The van der Waals surface area contributed by atoms with Crippen molar-refractivity contribution in [1.29, 1.82) is 0 Å². The van der Waals surface area contributed by atoms with Gasteiger partial charge >= 0.3 is 0 Å². The Bertz CT molecular complexity index is 651. The van der Waals surface area contributed by atoms with E-state index in [-0.39, 0.29) is 5.91 Å². The molecule has 0 radical (unpaired) electrons. The van der Waals surface area contributed by atoms with E-state index < -0.39 is 0 Å². The van der Waals surface area contributed by atoms with E-state index in [1.807, 2.05) is 59.5 Å². The summed E-state index contributed by atoms with van der Waals surface area (Å²) in [5.74, 6) is 0.942. The predicted octanol–water partition coefficient (Wildman–Crippen LogP) is 4.67. The minimum atomic E-state index is 0.149. The van der Waals surface area contributed by atoms with Crippen LogP contribution >= 0.6 is 0 Å². The van der Waals surface area contributed by atoms with Crippen molar-refractivity contribution in [1.82, 2.24) is 4.90 Å². The number of carbonyl (C=O) groups excluding carboxylic acids is 1. The zero-order valence-corrected chi connectivity index (χ0v) is 14.3. The summed E-state index contributed by atoms with van der Waals surface area (Å²) in [5, 5.41) is 0. The Kier molecular flexibility index (Phi) is 5.52. The molecule has 0 aliphatic carbocycles. The molecule has 1 atom stereocenters. The molecule has 1 amide bonds. The normalized spacial score (nSPS) is 17.5. The van der Waals surface area contributed by atoms with Gasteiger partial charge in [0.1, 0.15) is 12.4 Å². The summed E-state index contributed by atoms with van der Waals surface area (Å²) in [6.07, 6.45) is 4.50. The number of benzene rings is 2. The number of nitrogens with zero attached hydrogens (tertiary/aromatic N) is 1. The minimum Gasteiger partial charge on any atom is -0.489 e. The Morgan fingerprint density at radius 2 is 1.83 bits per heavy atom. The lowest BCUT2D eigenvalue weighted by atomic mass is 9.99. The highest BCUT2D eigenvalue weighted by molar-refractivity contribution is 5.94. The Morgan fingerprint density at radius 3 is 2.54 bits per heavy atom. The second-order valence-corrected chi connectivity index (χ2v) is 6.36. The summed E-state index contributed by atoms with van der Waals surface area (Å²) in [7, 11) is 0.